The van der Waals surface area contributed by atoms with Gasteiger partial charge in [0.05, 0.1) is 0 Å². The van der Waals surface area contributed by atoms with Crippen molar-refractivity contribution in [3.63, 3.8) is 0 Å². The largest absolute Gasteiger partial charge is 0.0613 e. The molecule has 11 heavy (non-hydrogen) atoms. The van der Waals surface area contributed by atoms with Gasteiger partial charge in [0.1, 0.15) is 0 Å². The molecule has 1 aromatic rings. The second-order valence-electron chi connectivity index (χ2n) is 2.83. The van der Waals surface area contributed by atoms with Gasteiger partial charge in [-0.25, -0.2) is 0 Å². The molecule has 1 radical (unpaired) electrons. The monoisotopic (exact) mass is 147 g/mol. The number of hydrogen-bond donors (Lipinski definition) is 0. The first-order valence-electron chi connectivity index (χ1n) is 4.16. The Kier molecular flexibility index (Phi) is 2.70. The number of aryl methyl sites for hydroxylation is 2. The van der Waals surface area contributed by atoms with E-state index < -0.39 is 0 Å². The van der Waals surface area contributed by atoms with E-state index in [1.807, 2.05) is 0 Å². The van der Waals surface area contributed by atoms with E-state index in [9.17, 15) is 0 Å². The van der Waals surface area contributed by atoms with E-state index >= 15 is 0 Å². The Balaban J connectivity index is 2.99. The van der Waals surface area contributed by atoms with Crippen LogP contribution in [-0.2, 0) is 6.42 Å². The van der Waals surface area contributed by atoms with Gasteiger partial charge in [0.15, 0.2) is 0 Å². The van der Waals surface area contributed by atoms with Crippen molar-refractivity contribution in [2.24, 2.45) is 0 Å². The first-order chi connectivity index (χ1) is 5.27. The maximum Gasteiger partial charge on any atom is -0.0121 e. The number of hydrogen-bond acceptors (Lipinski definition) is 0. The lowest BCUT2D eigenvalue weighted by atomic mass is 10.0. The Morgan fingerprint density at radius 2 is 2.09 bits per heavy atom. The Hall–Kier alpha value is -0.780. The van der Waals surface area contributed by atoms with Crippen LogP contribution < -0.4 is 0 Å². The highest BCUT2D eigenvalue weighted by molar-refractivity contribution is 5.35. The van der Waals surface area contributed by atoms with Gasteiger partial charge in [-0.2, -0.15) is 0 Å². The highest BCUT2D eigenvalue weighted by atomic mass is 14.0. The van der Waals surface area contributed by atoms with Crippen LogP contribution in [0.15, 0.2) is 18.2 Å². The first kappa shape index (κ1) is 8.32. The van der Waals surface area contributed by atoms with Gasteiger partial charge in [-0.05, 0) is 36.5 Å². The molecule has 0 nitrogen and oxygen atoms in total. The minimum absolute atomic E-state index is 1.13. The van der Waals surface area contributed by atoms with Crippen LogP contribution in [0.5, 0.6) is 0 Å². The van der Waals surface area contributed by atoms with Gasteiger partial charge in [0.2, 0.25) is 0 Å². The van der Waals surface area contributed by atoms with Gasteiger partial charge in [0, 0.05) is 0 Å². The Morgan fingerprint density at radius 1 is 1.36 bits per heavy atom. The number of benzene rings is 1. The molecular weight excluding hydrogens is 132 g/mol. The van der Waals surface area contributed by atoms with Gasteiger partial charge in [-0.3, -0.25) is 0 Å². The van der Waals surface area contributed by atoms with Crippen molar-refractivity contribution in [1.82, 2.24) is 0 Å². The maximum absolute atomic E-state index is 2.26. The third-order valence-electron chi connectivity index (χ3n) is 2.05. The van der Waals surface area contributed by atoms with Crippen LogP contribution in [0, 0.1) is 13.3 Å². The lowest BCUT2D eigenvalue weighted by Crippen LogP contribution is -1.87. The average molecular weight is 147 g/mol. The molecule has 0 N–H and O–H groups in total. The fourth-order valence-electron chi connectivity index (χ4n) is 1.28. The first-order valence-corrected chi connectivity index (χ1v) is 4.16. The summed E-state index contributed by atoms with van der Waals surface area (Å²) >= 11 is 0. The minimum Gasteiger partial charge on any atom is -0.0613 e. The normalized spacial score (nSPS) is 10.1. The van der Waals surface area contributed by atoms with E-state index in [1.165, 1.54) is 16.7 Å². The van der Waals surface area contributed by atoms with E-state index in [-0.39, 0.29) is 0 Å². The quantitative estimate of drug-likeness (QED) is 0.603. The summed E-state index contributed by atoms with van der Waals surface area (Å²) in [6, 6.07) is 6.64. The molecule has 0 aliphatic heterocycles. The summed E-state index contributed by atoms with van der Waals surface area (Å²) < 4.78 is 0. The van der Waals surface area contributed by atoms with Crippen LogP contribution in [0.25, 0.3) is 0 Å². The molecule has 0 heterocycles. The van der Waals surface area contributed by atoms with Crippen molar-refractivity contribution < 1.29 is 0 Å². The van der Waals surface area contributed by atoms with Gasteiger partial charge in [-0.1, -0.05) is 32.0 Å². The molecule has 0 fully saturated rings. The molecule has 1 aromatic carbocycles. The van der Waals surface area contributed by atoms with Crippen molar-refractivity contribution in [1.29, 1.82) is 0 Å². The van der Waals surface area contributed by atoms with Crippen LogP contribution in [0.3, 0.4) is 0 Å². The van der Waals surface area contributed by atoms with E-state index in [1.54, 1.807) is 0 Å². The van der Waals surface area contributed by atoms with Gasteiger partial charge < -0.3 is 0 Å². The van der Waals surface area contributed by atoms with Crippen molar-refractivity contribution in [2.75, 3.05) is 0 Å². The Bertz CT molecular complexity index is 236. The summed E-state index contributed by atoms with van der Waals surface area (Å²) in [5.41, 5.74) is 4.15. The van der Waals surface area contributed by atoms with Crippen molar-refractivity contribution in [3.05, 3.63) is 41.3 Å². The molecule has 1 rings (SSSR count). The standard InChI is InChI=1S/C11H15/c1-4-10-6-7-11(5-2)9(3)8-10/h5-8H,4H2,1-3H3. The zero-order chi connectivity index (χ0) is 8.27. The molecule has 0 saturated carbocycles. The summed E-state index contributed by atoms with van der Waals surface area (Å²) in [7, 11) is 0. The van der Waals surface area contributed by atoms with E-state index in [0.717, 1.165) is 6.42 Å². The molecule has 0 aliphatic rings. The molecule has 0 heteroatoms. The topological polar surface area (TPSA) is 0 Å². The van der Waals surface area contributed by atoms with Gasteiger partial charge in [-0.15, -0.1) is 0 Å². The summed E-state index contributed by atoms with van der Waals surface area (Å²) in [6.45, 7) is 6.42. The zero-order valence-electron chi connectivity index (χ0n) is 7.52. The predicted octanol–water partition coefficient (Wildman–Crippen LogP) is 3.13. The molecular formula is C11H15. The van der Waals surface area contributed by atoms with Crippen molar-refractivity contribution in [3.8, 4) is 0 Å². The summed E-state index contributed by atoms with van der Waals surface area (Å²) in [4.78, 5) is 0. The smallest absolute Gasteiger partial charge is 0.0121 e. The molecule has 0 aliphatic carbocycles. The minimum atomic E-state index is 1.13. The predicted molar refractivity (Wildman–Crippen MR) is 49.6 cm³/mol. The SMILES string of the molecule is C[CH]c1ccc(CC)cc1C. The maximum atomic E-state index is 2.26. The Labute approximate surface area is 69.3 Å². The highest BCUT2D eigenvalue weighted by Gasteiger charge is 1.95. The summed E-state index contributed by atoms with van der Waals surface area (Å²) in [5.74, 6) is 0. The van der Waals surface area contributed by atoms with Crippen LogP contribution in [0.4, 0.5) is 0 Å². The highest BCUT2D eigenvalue weighted by Crippen LogP contribution is 2.12. The molecule has 0 atom stereocenters. The lowest BCUT2D eigenvalue weighted by Gasteiger charge is -2.03. The molecule has 0 unspecified atom stereocenters. The van der Waals surface area contributed by atoms with Crippen molar-refractivity contribution in [2.45, 2.75) is 27.2 Å². The fraction of sp³-hybridized carbons (Fsp3) is 0.364. The fourth-order valence-corrected chi connectivity index (χ4v) is 1.28. The molecule has 0 aromatic heterocycles. The van der Waals surface area contributed by atoms with Crippen LogP contribution in [-0.4, -0.2) is 0 Å². The lowest BCUT2D eigenvalue weighted by molar-refractivity contribution is 1.12. The molecule has 0 bridgehead atoms. The molecule has 0 amide bonds. The van der Waals surface area contributed by atoms with Gasteiger partial charge in [0.25, 0.3) is 0 Å². The second kappa shape index (κ2) is 3.56. The molecule has 0 saturated heterocycles. The number of rotatable bonds is 2. The van der Waals surface area contributed by atoms with E-state index in [2.05, 4.69) is 45.4 Å². The van der Waals surface area contributed by atoms with Crippen LogP contribution in [0.1, 0.15) is 30.5 Å². The molecule has 59 valence electrons. The van der Waals surface area contributed by atoms with E-state index in [0.29, 0.717) is 0 Å². The zero-order valence-corrected chi connectivity index (χ0v) is 7.52. The van der Waals surface area contributed by atoms with E-state index in [4.69, 9.17) is 0 Å². The Morgan fingerprint density at radius 3 is 2.55 bits per heavy atom. The third kappa shape index (κ3) is 1.83. The average Bonchev–Trinajstić information content (AvgIpc) is 2.04. The second-order valence-corrected chi connectivity index (χ2v) is 2.83. The summed E-state index contributed by atoms with van der Waals surface area (Å²) in [5, 5.41) is 0. The van der Waals surface area contributed by atoms with Gasteiger partial charge >= 0.3 is 0 Å². The van der Waals surface area contributed by atoms with Crippen LogP contribution in [0.2, 0.25) is 0 Å². The third-order valence-corrected chi connectivity index (χ3v) is 2.05. The van der Waals surface area contributed by atoms with Crippen molar-refractivity contribution >= 4 is 0 Å². The molecule has 0 spiro atoms. The summed E-state index contributed by atoms with van der Waals surface area (Å²) in [6.07, 6.45) is 3.28. The van der Waals surface area contributed by atoms with Crippen LogP contribution >= 0.6 is 0 Å².